The third-order valence-corrected chi connectivity index (χ3v) is 3.54. The second kappa shape index (κ2) is 7.65. The van der Waals surface area contributed by atoms with Gasteiger partial charge in [0.1, 0.15) is 0 Å². The van der Waals surface area contributed by atoms with Crippen molar-refractivity contribution in [1.29, 1.82) is 0 Å². The molecule has 1 aromatic rings. The Hall–Kier alpha value is -1.88. The molecular weight excluding hydrogens is 256 g/mol. The van der Waals surface area contributed by atoms with E-state index in [9.17, 15) is 14.7 Å². The fourth-order valence-electron chi connectivity index (χ4n) is 1.87. The predicted octanol–water partition coefficient (Wildman–Crippen LogP) is 1.34. The summed E-state index contributed by atoms with van der Waals surface area (Å²) >= 11 is 0. The Bertz CT molecular complexity index is 448. The summed E-state index contributed by atoms with van der Waals surface area (Å²) in [6, 6.07) is 8.24. The van der Waals surface area contributed by atoms with Crippen molar-refractivity contribution in [3.05, 3.63) is 35.9 Å². The predicted molar refractivity (Wildman–Crippen MR) is 77.3 cm³/mol. The van der Waals surface area contributed by atoms with E-state index >= 15 is 0 Å². The molecule has 0 heterocycles. The highest BCUT2D eigenvalue weighted by molar-refractivity contribution is 5.83. The van der Waals surface area contributed by atoms with E-state index in [-0.39, 0.29) is 18.4 Å². The lowest BCUT2D eigenvalue weighted by molar-refractivity contribution is -0.138. The number of hydrogen-bond acceptors (Lipinski definition) is 3. The number of hydrogen-bond donors (Lipinski definition) is 3. The number of carboxylic acid groups (broad SMARTS) is 1. The van der Waals surface area contributed by atoms with Crippen LogP contribution in [0.2, 0.25) is 0 Å². The Kier molecular flexibility index (Phi) is 6.18. The third-order valence-electron chi connectivity index (χ3n) is 3.54. The van der Waals surface area contributed by atoms with Crippen LogP contribution in [0.3, 0.4) is 0 Å². The fourth-order valence-corrected chi connectivity index (χ4v) is 1.87. The summed E-state index contributed by atoms with van der Waals surface area (Å²) in [6.45, 7) is 3.90. The minimum absolute atomic E-state index is 0.0440. The highest BCUT2D eigenvalue weighted by Gasteiger charge is 2.23. The van der Waals surface area contributed by atoms with Crippen LogP contribution in [0.4, 0.5) is 0 Å². The molecule has 0 saturated carbocycles. The zero-order chi connectivity index (χ0) is 15.1. The summed E-state index contributed by atoms with van der Waals surface area (Å²) < 4.78 is 0. The third kappa shape index (κ3) is 4.35. The van der Waals surface area contributed by atoms with Gasteiger partial charge in [-0.3, -0.25) is 9.59 Å². The highest BCUT2D eigenvalue weighted by atomic mass is 16.4. The molecule has 1 amide bonds. The first-order chi connectivity index (χ1) is 9.47. The summed E-state index contributed by atoms with van der Waals surface area (Å²) in [7, 11) is 0. The Labute approximate surface area is 119 Å². The van der Waals surface area contributed by atoms with E-state index in [0.717, 1.165) is 6.42 Å². The Morgan fingerprint density at radius 3 is 2.40 bits per heavy atom. The Balaban J connectivity index is 2.65. The summed E-state index contributed by atoms with van der Waals surface area (Å²) in [5.41, 5.74) is 6.48. The first-order valence-electron chi connectivity index (χ1n) is 6.78. The van der Waals surface area contributed by atoms with Gasteiger partial charge in [0.05, 0.1) is 12.0 Å². The largest absolute Gasteiger partial charge is 0.481 e. The lowest BCUT2D eigenvalue weighted by Crippen LogP contribution is -2.46. The molecule has 3 atom stereocenters. The average molecular weight is 278 g/mol. The normalized spacial score (nSPS) is 15.2. The van der Waals surface area contributed by atoms with Gasteiger partial charge in [-0.05, 0) is 11.5 Å². The quantitative estimate of drug-likeness (QED) is 0.702. The monoisotopic (exact) mass is 278 g/mol. The zero-order valence-electron chi connectivity index (χ0n) is 11.9. The molecule has 0 aromatic heterocycles. The molecule has 0 radical (unpaired) electrons. The van der Waals surface area contributed by atoms with Gasteiger partial charge in [-0.25, -0.2) is 0 Å². The number of amides is 1. The molecule has 110 valence electrons. The van der Waals surface area contributed by atoms with Crippen molar-refractivity contribution < 1.29 is 14.7 Å². The van der Waals surface area contributed by atoms with Crippen molar-refractivity contribution in [2.75, 3.05) is 6.54 Å². The molecule has 0 aliphatic rings. The number of carboxylic acids is 1. The molecule has 4 N–H and O–H groups in total. The van der Waals surface area contributed by atoms with E-state index in [1.807, 2.05) is 19.9 Å². The van der Waals surface area contributed by atoms with Crippen LogP contribution >= 0.6 is 0 Å². The van der Waals surface area contributed by atoms with Gasteiger partial charge >= 0.3 is 5.97 Å². The van der Waals surface area contributed by atoms with Crippen LogP contribution in [0.5, 0.6) is 0 Å². The van der Waals surface area contributed by atoms with Gasteiger partial charge in [0.15, 0.2) is 0 Å². The van der Waals surface area contributed by atoms with Gasteiger partial charge < -0.3 is 16.2 Å². The topological polar surface area (TPSA) is 92.4 Å². The average Bonchev–Trinajstić information content (AvgIpc) is 2.46. The van der Waals surface area contributed by atoms with Crippen LogP contribution in [0, 0.1) is 5.92 Å². The molecule has 3 unspecified atom stereocenters. The maximum Gasteiger partial charge on any atom is 0.312 e. The number of carbonyl (C=O) groups is 2. The molecule has 20 heavy (non-hydrogen) atoms. The van der Waals surface area contributed by atoms with Crippen LogP contribution in [-0.2, 0) is 9.59 Å². The van der Waals surface area contributed by atoms with Gasteiger partial charge in [0.2, 0.25) is 5.91 Å². The van der Waals surface area contributed by atoms with E-state index in [0.29, 0.717) is 5.56 Å². The molecule has 1 rings (SSSR count). The second-order valence-corrected chi connectivity index (χ2v) is 4.96. The van der Waals surface area contributed by atoms with Crippen molar-refractivity contribution in [3.63, 3.8) is 0 Å². The first kappa shape index (κ1) is 16.2. The van der Waals surface area contributed by atoms with Crippen LogP contribution in [-0.4, -0.2) is 29.6 Å². The van der Waals surface area contributed by atoms with Gasteiger partial charge in [0.25, 0.3) is 0 Å². The molecular formula is C15H22N2O3. The molecule has 0 spiro atoms. The maximum atomic E-state index is 11.9. The van der Waals surface area contributed by atoms with Crippen molar-refractivity contribution in [3.8, 4) is 0 Å². The second-order valence-electron chi connectivity index (χ2n) is 4.96. The van der Waals surface area contributed by atoms with Gasteiger partial charge in [-0.1, -0.05) is 50.6 Å². The van der Waals surface area contributed by atoms with E-state index in [1.54, 1.807) is 24.3 Å². The van der Waals surface area contributed by atoms with E-state index in [4.69, 9.17) is 5.73 Å². The molecule has 0 bridgehead atoms. The maximum absolute atomic E-state index is 11.9. The van der Waals surface area contributed by atoms with Crippen LogP contribution in [0.15, 0.2) is 30.3 Å². The van der Waals surface area contributed by atoms with Gasteiger partial charge in [-0.15, -0.1) is 0 Å². The molecule has 1 aromatic carbocycles. The number of nitrogens with one attached hydrogen (secondary N) is 1. The minimum atomic E-state index is -0.964. The number of nitrogens with two attached hydrogens (primary N) is 1. The summed E-state index contributed by atoms with van der Waals surface area (Å²) in [4.78, 5) is 23.2. The zero-order valence-corrected chi connectivity index (χ0v) is 11.9. The Morgan fingerprint density at radius 1 is 1.30 bits per heavy atom. The fraction of sp³-hybridized carbons (Fsp3) is 0.467. The number of benzene rings is 1. The lowest BCUT2D eigenvalue weighted by atomic mass is 9.97. The summed E-state index contributed by atoms with van der Waals surface area (Å²) in [6.07, 6.45) is 0.801. The molecule has 0 aliphatic heterocycles. The number of carbonyl (C=O) groups excluding carboxylic acids is 1. The highest BCUT2D eigenvalue weighted by Crippen LogP contribution is 2.15. The van der Waals surface area contributed by atoms with Crippen molar-refractivity contribution in [1.82, 2.24) is 5.32 Å². The number of aliphatic carboxylic acids is 1. The van der Waals surface area contributed by atoms with Crippen LogP contribution in [0.1, 0.15) is 31.7 Å². The van der Waals surface area contributed by atoms with Gasteiger partial charge in [-0.2, -0.15) is 0 Å². The standard InChI is InChI=1S/C15H22N2O3/c1-3-10(2)13(16)14(18)17-9-12(15(19)20)11-7-5-4-6-8-11/h4-8,10,12-13H,3,9,16H2,1-2H3,(H,17,18)(H,19,20). The molecule has 0 aliphatic carbocycles. The van der Waals surface area contributed by atoms with Crippen LogP contribution in [0.25, 0.3) is 0 Å². The first-order valence-corrected chi connectivity index (χ1v) is 6.78. The van der Waals surface area contributed by atoms with Crippen LogP contribution < -0.4 is 11.1 Å². The van der Waals surface area contributed by atoms with Crippen molar-refractivity contribution in [2.45, 2.75) is 32.2 Å². The van der Waals surface area contributed by atoms with E-state index < -0.39 is 17.9 Å². The minimum Gasteiger partial charge on any atom is -0.481 e. The van der Waals surface area contributed by atoms with Gasteiger partial charge in [0, 0.05) is 6.54 Å². The van der Waals surface area contributed by atoms with E-state index in [2.05, 4.69) is 5.32 Å². The summed E-state index contributed by atoms with van der Waals surface area (Å²) in [5.74, 6) is -1.96. The molecule has 5 nitrogen and oxygen atoms in total. The van der Waals surface area contributed by atoms with Crippen molar-refractivity contribution >= 4 is 11.9 Å². The molecule has 0 saturated heterocycles. The van der Waals surface area contributed by atoms with Crippen molar-refractivity contribution in [2.24, 2.45) is 11.7 Å². The summed E-state index contributed by atoms with van der Waals surface area (Å²) in [5, 5.41) is 11.9. The molecule has 5 heteroatoms. The lowest BCUT2D eigenvalue weighted by Gasteiger charge is -2.19. The Morgan fingerprint density at radius 2 is 1.90 bits per heavy atom. The smallest absolute Gasteiger partial charge is 0.312 e. The molecule has 0 fully saturated rings. The SMILES string of the molecule is CCC(C)C(N)C(=O)NCC(C(=O)O)c1ccccc1. The van der Waals surface area contributed by atoms with E-state index in [1.165, 1.54) is 0 Å². The number of rotatable bonds is 7.